The van der Waals surface area contributed by atoms with Crippen molar-refractivity contribution in [3.8, 4) is 0 Å². The van der Waals surface area contributed by atoms with Crippen LogP contribution in [0.2, 0.25) is 0 Å². The van der Waals surface area contributed by atoms with Crippen molar-refractivity contribution >= 4 is 29.0 Å². The summed E-state index contributed by atoms with van der Waals surface area (Å²) < 4.78 is 40.7. The largest absolute Gasteiger partial charge is 0.435 e. The SMILES string of the molecule is Cc1ccc(Sc2cc(NC(=O)C(C)n3nc(C(F)(F)F)cc3C3CC3)cc([N+](=O)[O-])c2)cc1. The maximum Gasteiger partial charge on any atom is 0.435 e. The molecule has 1 heterocycles. The molecule has 0 radical (unpaired) electrons. The van der Waals surface area contributed by atoms with Crippen molar-refractivity contribution in [1.29, 1.82) is 0 Å². The van der Waals surface area contributed by atoms with Crippen LogP contribution in [0.5, 0.6) is 0 Å². The number of nitrogens with zero attached hydrogens (tertiary/aromatic N) is 3. The highest BCUT2D eigenvalue weighted by Crippen LogP contribution is 2.43. The Labute approximate surface area is 197 Å². The van der Waals surface area contributed by atoms with Crippen LogP contribution in [-0.2, 0) is 11.0 Å². The fraction of sp³-hybridized carbons (Fsp3) is 0.304. The van der Waals surface area contributed by atoms with E-state index in [1.807, 2.05) is 31.2 Å². The number of benzene rings is 2. The number of halogens is 3. The first-order chi connectivity index (χ1) is 16.0. The number of aromatic nitrogens is 2. The van der Waals surface area contributed by atoms with Gasteiger partial charge < -0.3 is 5.32 Å². The number of carbonyl (C=O) groups is 1. The van der Waals surface area contributed by atoms with E-state index in [9.17, 15) is 28.1 Å². The summed E-state index contributed by atoms with van der Waals surface area (Å²) in [6, 6.07) is 11.8. The third-order valence-electron chi connectivity index (χ3n) is 5.42. The average molecular weight is 491 g/mol. The number of rotatable bonds is 7. The van der Waals surface area contributed by atoms with E-state index in [0.29, 0.717) is 10.6 Å². The number of non-ortho nitro benzene ring substituents is 1. The molecule has 11 heteroatoms. The summed E-state index contributed by atoms with van der Waals surface area (Å²) in [6.07, 6.45) is -3.14. The Hall–Kier alpha value is -3.34. The third kappa shape index (κ3) is 5.41. The molecule has 0 bridgehead atoms. The molecule has 0 spiro atoms. The molecule has 4 rings (SSSR count). The van der Waals surface area contributed by atoms with E-state index in [-0.39, 0.29) is 17.3 Å². The Bertz CT molecular complexity index is 1240. The lowest BCUT2D eigenvalue weighted by atomic mass is 10.2. The molecule has 34 heavy (non-hydrogen) atoms. The van der Waals surface area contributed by atoms with Crippen LogP contribution >= 0.6 is 11.8 Å². The highest BCUT2D eigenvalue weighted by molar-refractivity contribution is 7.99. The van der Waals surface area contributed by atoms with Crippen LogP contribution in [0.25, 0.3) is 0 Å². The Kier molecular flexibility index (Phi) is 6.39. The zero-order valence-electron chi connectivity index (χ0n) is 18.3. The molecule has 1 aliphatic rings. The number of hydrogen-bond acceptors (Lipinski definition) is 5. The molecule has 1 saturated carbocycles. The van der Waals surface area contributed by atoms with Crippen LogP contribution in [0, 0.1) is 17.0 Å². The lowest BCUT2D eigenvalue weighted by Gasteiger charge is -2.16. The number of carbonyl (C=O) groups excluding carboxylic acids is 1. The number of hydrogen-bond donors (Lipinski definition) is 1. The highest BCUT2D eigenvalue weighted by atomic mass is 32.2. The van der Waals surface area contributed by atoms with E-state index in [1.54, 1.807) is 6.07 Å². The summed E-state index contributed by atoms with van der Waals surface area (Å²) in [5.41, 5.74) is 0.364. The second-order valence-corrected chi connectivity index (χ2v) is 9.37. The van der Waals surface area contributed by atoms with Crippen LogP contribution in [-0.4, -0.2) is 20.6 Å². The van der Waals surface area contributed by atoms with Crippen molar-refractivity contribution in [2.24, 2.45) is 0 Å². The number of nitrogens with one attached hydrogen (secondary N) is 1. The fourth-order valence-corrected chi connectivity index (χ4v) is 4.37. The fourth-order valence-electron chi connectivity index (χ4n) is 3.46. The first kappa shape index (κ1) is 23.8. The van der Waals surface area contributed by atoms with Crippen LogP contribution in [0.3, 0.4) is 0 Å². The van der Waals surface area contributed by atoms with Gasteiger partial charge in [0.25, 0.3) is 5.69 Å². The van der Waals surface area contributed by atoms with Crippen molar-refractivity contribution in [2.45, 2.75) is 54.6 Å². The quantitative estimate of drug-likeness (QED) is 0.308. The average Bonchev–Trinajstić information content (AvgIpc) is 3.51. The van der Waals surface area contributed by atoms with Gasteiger partial charge in [-0.05, 0) is 51.0 Å². The maximum atomic E-state index is 13.2. The number of nitro groups is 1. The summed E-state index contributed by atoms with van der Waals surface area (Å²) in [5, 5.41) is 17.7. The minimum atomic E-state index is -4.62. The molecule has 0 saturated heterocycles. The number of aryl methyl sites for hydroxylation is 1. The van der Waals surface area contributed by atoms with Crippen LogP contribution in [0.1, 0.15) is 48.7 Å². The molecule has 1 N–H and O–H groups in total. The van der Waals surface area contributed by atoms with Gasteiger partial charge in [-0.1, -0.05) is 29.5 Å². The Morgan fingerprint density at radius 2 is 1.85 bits per heavy atom. The predicted molar refractivity (Wildman–Crippen MR) is 121 cm³/mol. The Balaban J connectivity index is 1.58. The number of nitro benzene ring substituents is 1. The van der Waals surface area contributed by atoms with E-state index < -0.39 is 28.7 Å². The van der Waals surface area contributed by atoms with Gasteiger partial charge in [-0.25, -0.2) is 0 Å². The van der Waals surface area contributed by atoms with Crippen LogP contribution in [0.15, 0.2) is 58.3 Å². The molecule has 0 aliphatic heterocycles. The first-order valence-electron chi connectivity index (χ1n) is 10.5. The summed E-state index contributed by atoms with van der Waals surface area (Å²) in [4.78, 5) is 25.2. The number of anilines is 1. The van der Waals surface area contributed by atoms with Crippen molar-refractivity contribution in [3.63, 3.8) is 0 Å². The molecular formula is C23H21F3N4O3S. The topological polar surface area (TPSA) is 90.1 Å². The first-order valence-corrected chi connectivity index (χ1v) is 11.3. The van der Waals surface area contributed by atoms with Crippen molar-refractivity contribution in [2.75, 3.05) is 5.32 Å². The van der Waals surface area contributed by atoms with Gasteiger partial charge in [0.2, 0.25) is 5.91 Å². The summed E-state index contributed by atoms with van der Waals surface area (Å²) >= 11 is 1.30. The van der Waals surface area contributed by atoms with E-state index in [1.165, 1.54) is 30.8 Å². The molecule has 1 amide bonds. The molecule has 1 atom stereocenters. The molecule has 7 nitrogen and oxygen atoms in total. The molecule has 178 valence electrons. The van der Waals surface area contributed by atoms with Gasteiger partial charge in [0.05, 0.1) is 4.92 Å². The molecular weight excluding hydrogens is 469 g/mol. The van der Waals surface area contributed by atoms with E-state index in [2.05, 4.69) is 10.4 Å². The van der Waals surface area contributed by atoms with Gasteiger partial charge in [0.1, 0.15) is 6.04 Å². The lowest BCUT2D eigenvalue weighted by Crippen LogP contribution is -2.26. The molecule has 3 aromatic rings. The summed E-state index contributed by atoms with van der Waals surface area (Å²) in [7, 11) is 0. The number of amides is 1. The zero-order chi connectivity index (χ0) is 24.6. The second-order valence-electron chi connectivity index (χ2n) is 8.22. The highest BCUT2D eigenvalue weighted by Gasteiger charge is 2.39. The monoisotopic (exact) mass is 490 g/mol. The van der Waals surface area contributed by atoms with E-state index in [4.69, 9.17) is 0 Å². The third-order valence-corrected chi connectivity index (χ3v) is 6.40. The minimum Gasteiger partial charge on any atom is -0.324 e. The second kappa shape index (κ2) is 9.13. The smallest absolute Gasteiger partial charge is 0.324 e. The van der Waals surface area contributed by atoms with Gasteiger partial charge >= 0.3 is 6.18 Å². The summed E-state index contributed by atoms with van der Waals surface area (Å²) in [5.74, 6) is -0.681. The van der Waals surface area contributed by atoms with Gasteiger partial charge in [-0.15, -0.1) is 0 Å². The normalized spacial score (nSPS) is 14.6. The Morgan fingerprint density at radius 1 is 1.18 bits per heavy atom. The lowest BCUT2D eigenvalue weighted by molar-refractivity contribution is -0.385. The molecule has 1 aromatic heterocycles. The van der Waals surface area contributed by atoms with Gasteiger partial charge in [0, 0.05) is 39.2 Å². The Morgan fingerprint density at radius 3 is 2.44 bits per heavy atom. The molecule has 1 fully saturated rings. The van der Waals surface area contributed by atoms with Crippen molar-refractivity contribution in [3.05, 3.63) is 75.6 Å². The standard InChI is InChI=1S/C23H21F3N4O3S/c1-13-3-7-18(8-4-13)34-19-10-16(9-17(11-19)30(32)33)27-22(31)14(2)29-20(15-5-6-15)12-21(28-29)23(24,25)26/h3-4,7-12,14-15H,5-6H2,1-2H3,(H,27,31). The van der Waals surface area contributed by atoms with Gasteiger partial charge in [-0.3, -0.25) is 19.6 Å². The van der Waals surface area contributed by atoms with Crippen LogP contribution < -0.4 is 5.32 Å². The predicted octanol–water partition coefficient (Wildman–Crippen LogP) is 6.35. The van der Waals surface area contributed by atoms with Gasteiger partial charge in [-0.2, -0.15) is 18.3 Å². The van der Waals surface area contributed by atoms with Gasteiger partial charge in [0.15, 0.2) is 5.69 Å². The molecule has 2 aromatic carbocycles. The van der Waals surface area contributed by atoms with Crippen LogP contribution in [0.4, 0.5) is 24.5 Å². The van der Waals surface area contributed by atoms with Crippen molar-refractivity contribution < 1.29 is 22.9 Å². The summed E-state index contributed by atoms with van der Waals surface area (Å²) in [6.45, 7) is 3.40. The molecule has 1 unspecified atom stereocenters. The van der Waals surface area contributed by atoms with Crippen molar-refractivity contribution in [1.82, 2.24) is 9.78 Å². The van der Waals surface area contributed by atoms with E-state index >= 15 is 0 Å². The van der Waals surface area contributed by atoms with E-state index in [0.717, 1.165) is 34.0 Å². The maximum absolute atomic E-state index is 13.2. The minimum absolute atomic E-state index is 0.0609. The molecule has 1 aliphatic carbocycles. The number of alkyl halides is 3. The zero-order valence-corrected chi connectivity index (χ0v) is 19.1.